The van der Waals surface area contributed by atoms with E-state index in [2.05, 4.69) is 10.0 Å². The van der Waals surface area contributed by atoms with E-state index in [9.17, 15) is 28.2 Å². The van der Waals surface area contributed by atoms with Crippen molar-refractivity contribution in [1.82, 2.24) is 10.0 Å². The third-order valence-corrected chi connectivity index (χ3v) is 8.57. The predicted molar refractivity (Wildman–Crippen MR) is 148 cm³/mol. The van der Waals surface area contributed by atoms with Gasteiger partial charge in [-0.3, -0.25) is 9.59 Å². The van der Waals surface area contributed by atoms with Crippen molar-refractivity contribution < 1.29 is 28.2 Å². The Labute approximate surface area is 229 Å². The minimum absolute atomic E-state index is 0.0213. The van der Waals surface area contributed by atoms with Gasteiger partial charge in [-0.2, -0.15) is 0 Å². The fourth-order valence-electron chi connectivity index (χ4n) is 4.93. The van der Waals surface area contributed by atoms with E-state index >= 15 is 0 Å². The van der Waals surface area contributed by atoms with Crippen molar-refractivity contribution in [3.05, 3.63) is 101 Å². The summed E-state index contributed by atoms with van der Waals surface area (Å²) in [7, 11) is -3.92. The number of carbonyl (C=O) groups excluding carboxylic acids is 2. The van der Waals surface area contributed by atoms with Crippen LogP contribution < -0.4 is 10.0 Å². The van der Waals surface area contributed by atoms with Crippen molar-refractivity contribution in [2.75, 3.05) is 6.54 Å². The maximum atomic E-state index is 13.4. The number of hydrogen-bond donors (Lipinski definition) is 4. The average Bonchev–Trinajstić information content (AvgIpc) is 3.25. The van der Waals surface area contributed by atoms with Gasteiger partial charge in [0, 0.05) is 24.4 Å². The molecule has 0 spiro atoms. The Bertz CT molecular complexity index is 1390. The third kappa shape index (κ3) is 7.39. The Morgan fingerprint density at radius 3 is 2.33 bits per heavy atom. The molecule has 0 aliphatic heterocycles. The molecule has 206 valence electrons. The Morgan fingerprint density at radius 2 is 1.64 bits per heavy atom. The minimum Gasteiger partial charge on any atom is -0.392 e. The molecule has 4 rings (SSSR count). The zero-order chi connectivity index (χ0) is 28.0. The van der Waals surface area contributed by atoms with E-state index in [1.807, 2.05) is 54.6 Å². The second-order valence-electron chi connectivity index (χ2n) is 10.00. The molecule has 1 aliphatic carbocycles. The lowest BCUT2D eigenvalue weighted by Gasteiger charge is -2.24. The second kappa shape index (κ2) is 12.7. The summed E-state index contributed by atoms with van der Waals surface area (Å²) in [6.07, 6.45) is -0.334. The van der Waals surface area contributed by atoms with Gasteiger partial charge in [0.1, 0.15) is 0 Å². The number of carbonyl (C=O) groups is 2. The number of benzene rings is 3. The fourth-order valence-corrected chi connectivity index (χ4v) is 6.00. The van der Waals surface area contributed by atoms with Gasteiger partial charge in [0.05, 0.1) is 23.1 Å². The van der Waals surface area contributed by atoms with Crippen LogP contribution in [-0.4, -0.2) is 49.1 Å². The first kappa shape index (κ1) is 28.6. The number of amides is 1. The van der Waals surface area contributed by atoms with Gasteiger partial charge < -0.3 is 15.5 Å². The van der Waals surface area contributed by atoms with Crippen molar-refractivity contribution in [2.45, 2.75) is 55.8 Å². The van der Waals surface area contributed by atoms with E-state index in [4.69, 9.17) is 0 Å². The molecule has 0 unspecified atom stereocenters. The van der Waals surface area contributed by atoms with Gasteiger partial charge in [-0.25, -0.2) is 13.1 Å². The number of rotatable bonds is 12. The molecule has 0 saturated carbocycles. The molecule has 9 heteroatoms. The maximum Gasteiger partial charge on any atom is 0.240 e. The normalized spacial score (nSPS) is 18.2. The molecule has 3 aromatic rings. The number of nitrogens with one attached hydrogen (secondary N) is 2. The highest BCUT2D eigenvalue weighted by Gasteiger charge is 2.34. The van der Waals surface area contributed by atoms with Crippen LogP contribution in [0.5, 0.6) is 0 Å². The summed E-state index contributed by atoms with van der Waals surface area (Å²) in [5, 5.41) is 24.3. The van der Waals surface area contributed by atoms with E-state index < -0.39 is 34.2 Å². The lowest BCUT2D eigenvalue weighted by molar-refractivity contribution is -0.127. The summed E-state index contributed by atoms with van der Waals surface area (Å²) >= 11 is 0. The molecule has 4 N–H and O–H groups in total. The van der Waals surface area contributed by atoms with Crippen LogP contribution in [0.1, 0.15) is 52.9 Å². The Morgan fingerprint density at radius 1 is 0.974 bits per heavy atom. The van der Waals surface area contributed by atoms with Gasteiger partial charge >= 0.3 is 0 Å². The van der Waals surface area contributed by atoms with Gasteiger partial charge in [-0.05, 0) is 55.0 Å². The largest absolute Gasteiger partial charge is 0.392 e. The predicted octanol–water partition coefficient (Wildman–Crippen LogP) is 2.94. The second-order valence-corrected chi connectivity index (χ2v) is 11.8. The average molecular weight is 551 g/mol. The highest BCUT2D eigenvalue weighted by atomic mass is 32.2. The molecule has 8 nitrogen and oxygen atoms in total. The lowest BCUT2D eigenvalue weighted by Crippen LogP contribution is -2.40. The van der Waals surface area contributed by atoms with Crippen molar-refractivity contribution in [1.29, 1.82) is 0 Å². The van der Waals surface area contributed by atoms with Crippen LogP contribution in [0.4, 0.5) is 0 Å². The van der Waals surface area contributed by atoms with Crippen LogP contribution >= 0.6 is 0 Å². The quantitative estimate of drug-likeness (QED) is 0.256. The van der Waals surface area contributed by atoms with Crippen molar-refractivity contribution in [3.63, 3.8) is 0 Å². The van der Waals surface area contributed by atoms with E-state index in [0.717, 1.165) is 16.7 Å². The minimum atomic E-state index is -3.92. The number of fused-ring (bicyclic) bond motifs is 1. The molecule has 0 saturated heterocycles. The van der Waals surface area contributed by atoms with Crippen molar-refractivity contribution >= 4 is 21.7 Å². The summed E-state index contributed by atoms with van der Waals surface area (Å²) in [5.41, 5.74) is 3.31. The molecule has 0 fully saturated rings. The van der Waals surface area contributed by atoms with Crippen LogP contribution in [0.3, 0.4) is 0 Å². The monoisotopic (exact) mass is 550 g/mol. The summed E-state index contributed by atoms with van der Waals surface area (Å²) in [6, 6.07) is 22.3. The van der Waals surface area contributed by atoms with Crippen molar-refractivity contribution in [3.8, 4) is 0 Å². The number of hydrogen-bond acceptors (Lipinski definition) is 6. The fraction of sp³-hybridized carbons (Fsp3) is 0.333. The summed E-state index contributed by atoms with van der Waals surface area (Å²) in [5.74, 6) is -1.08. The van der Waals surface area contributed by atoms with Gasteiger partial charge in [0.15, 0.2) is 5.78 Å². The molecule has 1 amide bonds. The summed E-state index contributed by atoms with van der Waals surface area (Å²) in [4.78, 5) is 24.9. The van der Waals surface area contributed by atoms with Crippen LogP contribution in [0.25, 0.3) is 0 Å². The molecule has 0 aromatic heterocycles. The number of ketones is 1. The number of sulfonamides is 1. The number of aliphatic hydroxyl groups excluding tert-OH is 2. The standard InChI is InChI=1S/C30H34N2O6S/c1-20(33)22-13-15-26(16-14-22)39(37,38)31-19-25(34)17-24(12-11-21-7-3-2-4-8-21)30(36)32-29-27-10-6-5-9-23(27)18-28(29)35/h2-10,13-16,24-25,28-29,31,34-35H,11-12,17-19H2,1H3,(H,32,36)/t24-,25+,28-,29+/m1/s1. The Balaban J connectivity index is 1.42. The Hall–Kier alpha value is -3.37. The van der Waals surface area contributed by atoms with Crippen LogP contribution in [0.2, 0.25) is 0 Å². The van der Waals surface area contributed by atoms with Crippen LogP contribution in [0.15, 0.2) is 83.8 Å². The van der Waals surface area contributed by atoms with Crippen molar-refractivity contribution in [2.24, 2.45) is 5.92 Å². The molecular formula is C30H34N2O6S. The zero-order valence-corrected chi connectivity index (χ0v) is 22.6. The molecular weight excluding hydrogens is 516 g/mol. The van der Waals surface area contributed by atoms with Crippen LogP contribution in [-0.2, 0) is 27.7 Å². The van der Waals surface area contributed by atoms with Gasteiger partial charge in [-0.15, -0.1) is 0 Å². The number of aliphatic hydroxyl groups is 2. The molecule has 1 aliphatic rings. The molecule has 3 aromatic carbocycles. The topological polar surface area (TPSA) is 133 Å². The first-order valence-electron chi connectivity index (χ1n) is 13.0. The lowest BCUT2D eigenvalue weighted by atomic mass is 9.92. The SMILES string of the molecule is CC(=O)c1ccc(S(=O)(=O)NC[C@@H](O)C[C@@H](CCc2ccccc2)C(=O)N[C@H]2c3ccccc3C[C@H]2O)cc1. The first-order valence-corrected chi connectivity index (χ1v) is 14.5. The first-order chi connectivity index (χ1) is 18.6. The number of Topliss-reactive ketones (excluding diaryl/α,β-unsaturated/α-hetero) is 1. The van der Waals surface area contributed by atoms with E-state index in [-0.39, 0.29) is 29.6 Å². The molecule has 39 heavy (non-hydrogen) atoms. The molecule has 0 bridgehead atoms. The van der Waals surface area contributed by atoms with Gasteiger partial charge in [0.25, 0.3) is 0 Å². The van der Waals surface area contributed by atoms with Gasteiger partial charge in [0.2, 0.25) is 15.9 Å². The third-order valence-electron chi connectivity index (χ3n) is 7.13. The van der Waals surface area contributed by atoms with Gasteiger partial charge in [-0.1, -0.05) is 66.7 Å². The van der Waals surface area contributed by atoms with E-state index in [0.29, 0.717) is 24.8 Å². The van der Waals surface area contributed by atoms with E-state index in [1.54, 1.807) is 0 Å². The molecule has 4 atom stereocenters. The highest BCUT2D eigenvalue weighted by molar-refractivity contribution is 7.89. The summed E-state index contributed by atoms with van der Waals surface area (Å²) < 4.78 is 27.8. The smallest absolute Gasteiger partial charge is 0.240 e. The van der Waals surface area contributed by atoms with E-state index in [1.165, 1.54) is 31.2 Å². The highest BCUT2D eigenvalue weighted by Crippen LogP contribution is 2.32. The molecule has 0 radical (unpaired) electrons. The molecule has 0 heterocycles. The number of aryl methyl sites for hydroxylation is 1. The maximum absolute atomic E-state index is 13.4. The van der Waals surface area contributed by atoms with Crippen LogP contribution in [0, 0.1) is 5.92 Å². The Kier molecular flexibility index (Phi) is 9.29. The summed E-state index contributed by atoms with van der Waals surface area (Å²) in [6.45, 7) is 1.12. The zero-order valence-electron chi connectivity index (χ0n) is 21.8.